The molecule has 102 valence electrons. The maximum atomic E-state index is 12.4. The highest BCUT2D eigenvalue weighted by Crippen LogP contribution is 2.30. The molecule has 1 amide bonds. The van der Waals surface area contributed by atoms with Crippen LogP contribution in [0.15, 0.2) is 24.3 Å². The summed E-state index contributed by atoms with van der Waals surface area (Å²) in [5.74, 6) is 0.358. The zero-order valence-corrected chi connectivity index (χ0v) is 10.9. The van der Waals surface area contributed by atoms with E-state index in [2.05, 4.69) is 0 Å². The van der Waals surface area contributed by atoms with Crippen molar-refractivity contribution in [3.63, 3.8) is 0 Å². The van der Waals surface area contributed by atoms with Crippen molar-refractivity contribution >= 4 is 5.91 Å². The molecule has 4 nitrogen and oxygen atoms in total. The van der Waals surface area contributed by atoms with E-state index in [1.807, 2.05) is 11.0 Å². The van der Waals surface area contributed by atoms with E-state index in [0.717, 1.165) is 24.8 Å². The summed E-state index contributed by atoms with van der Waals surface area (Å²) in [6, 6.07) is 7.19. The zero-order valence-electron chi connectivity index (χ0n) is 10.9. The van der Waals surface area contributed by atoms with Crippen LogP contribution in [0.5, 0.6) is 5.75 Å². The van der Waals surface area contributed by atoms with Gasteiger partial charge in [-0.15, -0.1) is 0 Å². The van der Waals surface area contributed by atoms with Crippen molar-refractivity contribution in [2.24, 2.45) is 0 Å². The average molecular weight is 261 g/mol. The first-order valence-corrected chi connectivity index (χ1v) is 6.93. The van der Waals surface area contributed by atoms with E-state index < -0.39 is 0 Å². The minimum absolute atomic E-state index is 0.144. The molecule has 1 aromatic rings. The fourth-order valence-electron chi connectivity index (χ4n) is 3.18. The van der Waals surface area contributed by atoms with Crippen LogP contribution in [0.1, 0.15) is 24.8 Å². The summed E-state index contributed by atoms with van der Waals surface area (Å²) >= 11 is 0. The van der Waals surface area contributed by atoms with Crippen molar-refractivity contribution in [3.8, 4) is 5.75 Å². The first-order chi connectivity index (χ1) is 9.24. The summed E-state index contributed by atoms with van der Waals surface area (Å²) in [5.41, 5.74) is 0.867. The van der Waals surface area contributed by atoms with Gasteiger partial charge in [0, 0.05) is 6.54 Å². The molecule has 3 rings (SSSR count). The van der Waals surface area contributed by atoms with Crippen molar-refractivity contribution < 1.29 is 14.6 Å². The first kappa shape index (κ1) is 12.5. The van der Waals surface area contributed by atoms with Crippen LogP contribution in [0.2, 0.25) is 0 Å². The van der Waals surface area contributed by atoms with E-state index in [1.165, 1.54) is 0 Å². The number of carbonyl (C=O) groups excluding carboxylic acids is 1. The number of hydrogen-bond donors (Lipinski definition) is 1. The number of carbonyl (C=O) groups is 1. The van der Waals surface area contributed by atoms with Gasteiger partial charge in [0.25, 0.3) is 0 Å². The Morgan fingerprint density at radius 2 is 2.32 bits per heavy atom. The molecule has 2 fully saturated rings. The van der Waals surface area contributed by atoms with Gasteiger partial charge in [-0.25, -0.2) is 0 Å². The highest BCUT2D eigenvalue weighted by atomic mass is 16.5. The quantitative estimate of drug-likeness (QED) is 0.881. The van der Waals surface area contributed by atoms with E-state index in [0.29, 0.717) is 19.6 Å². The Morgan fingerprint density at radius 3 is 3.16 bits per heavy atom. The van der Waals surface area contributed by atoms with Crippen LogP contribution >= 0.6 is 0 Å². The third-order valence-corrected chi connectivity index (χ3v) is 4.07. The molecule has 2 atom stereocenters. The second-order valence-electron chi connectivity index (χ2n) is 5.34. The molecule has 1 aliphatic heterocycles. The minimum Gasteiger partial charge on any atom is -0.508 e. The monoisotopic (exact) mass is 261 g/mol. The van der Waals surface area contributed by atoms with Gasteiger partial charge in [0.05, 0.1) is 25.2 Å². The van der Waals surface area contributed by atoms with E-state index in [9.17, 15) is 9.90 Å². The first-order valence-electron chi connectivity index (χ1n) is 6.93. The highest BCUT2D eigenvalue weighted by Gasteiger charge is 2.38. The molecular formula is C15H19NO3. The number of hydrogen-bond acceptors (Lipinski definition) is 3. The second-order valence-corrected chi connectivity index (χ2v) is 5.34. The molecule has 1 aliphatic carbocycles. The van der Waals surface area contributed by atoms with Crippen molar-refractivity contribution in [1.82, 2.24) is 4.90 Å². The van der Waals surface area contributed by atoms with Gasteiger partial charge >= 0.3 is 0 Å². The Labute approximate surface area is 113 Å². The van der Waals surface area contributed by atoms with Crippen LogP contribution in [0.3, 0.4) is 0 Å². The number of phenols is 1. The molecule has 1 heterocycles. The number of fused-ring (bicyclic) bond motifs is 1. The maximum Gasteiger partial charge on any atom is 0.227 e. The molecule has 0 aromatic heterocycles. The lowest BCUT2D eigenvalue weighted by Gasteiger charge is -2.37. The number of benzene rings is 1. The Kier molecular flexibility index (Phi) is 3.42. The Morgan fingerprint density at radius 1 is 1.42 bits per heavy atom. The largest absolute Gasteiger partial charge is 0.508 e. The maximum absolute atomic E-state index is 12.4. The molecule has 0 radical (unpaired) electrons. The van der Waals surface area contributed by atoms with Gasteiger partial charge in [-0.3, -0.25) is 4.79 Å². The summed E-state index contributed by atoms with van der Waals surface area (Å²) < 4.78 is 5.72. The average Bonchev–Trinajstić information content (AvgIpc) is 2.86. The number of aromatic hydroxyl groups is 1. The van der Waals surface area contributed by atoms with Crippen molar-refractivity contribution in [2.45, 2.75) is 37.8 Å². The lowest BCUT2D eigenvalue weighted by atomic mass is 10.1. The van der Waals surface area contributed by atoms with E-state index in [4.69, 9.17) is 4.74 Å². The third kappa shape index (κ3) is 2.59. The van der Waals surface area contributed by atoms with Gasteiger partial charge in [-0.05, 0) is 37.0 Å². The second kappa shape index (κ2) is 5.21. The predicted molar refractivity (Wildman–Crippen MR) is 70.9 cm³/mol. The van der Waals surface area contributed by atoms with Crippen molar-refractivity contribution in [1.29, 1.82) is 0 Å². The van der Waals surface area contributed by atoms with Crippen LogP contribution in [-0.4, -0.2) is 41.2 Å². The van der Waals surface area contributed by atoms with Crippen molar-refractivity contribution in [3.05, 3.63) is 29.8 Å². The molecule has 1 N–H and O–H groups in total. The molecule has 0 bridgehead atoms. The van der Waals surface area contributed by atoms with Crippen LogP contribution < -0.4 is 0 Å². The smallest absolute Gasteiger partial charge is 0.227 e. The van der Waals surface area contributed by atoms with Gasteiger partial charge in [0.15, 0.2) is 0 Å². The Bertz CT molecular complexity index is 474. The third-order valence-electron chi connectivity index (χ3n) is 4.07. The molecule has 2 aliphatic rings. The molecule has 0 spiro atoms. The molecular weight excluding hydrogens is 242 g/mol. The lowest BCUT2D eigenvalue weighted by molar-refractivity contribution is -0.143. The number of rotatable bonds is 2. The number of ether oxygens (including phenoxy) is 1. The zero-order chi connectivity index (χ0) is 13.2. The fraction of sp³-hybridized carbons (Fsp3) is 0.533. The molecule has 1 aromatic carbocycles. The summed E-state index contributed by atoms with van der Waals surface area (Å²) in [7, 11) is 0. The van der Waals surface area contributed by atoms with E-state index >= 15 is 0 Å². The molecule has 2 unspecified atom stereocenters. The van der Waals surface area contributed by atoms with E-state index in [-0.39, 0.29) is 23.8 Å². The van der Waals surface area contributed by atoms with Crippen LogP contribution in [0.25, 0.3) is 0 Å². The van der Waals surface area contributed by atoms with Gasteiger partial charge in [-0.2, -0.15) is 0 Å². The molecule has 4 heteroatoms. The topological polar surface area (TPSA) is 49.8 Å². The summed E-state index contributed by atoms with van der Waals surface area (Å²) in [4.78, 5) is 14.4. The van der Waals surface area contributed by atoms with Gasteiger partial charge in [0.2, 0.25) is 5.91 Å². The number of amides is 1. The normalized spacial score (nSPS) is 26.2. The number of phenolic OH excluding ortho intramolecular Hbond substituents is 1. The van der Waals surface area contributed by atoms with Gasteiger partial charge in [-0.1, -0.05) is 12.1 Å². The van der Waals surface area contributed by atoms with Crippen LogP contribution in [0, 0.1) is 0 Å². The van der Waals surface area contributed by atoms with Crippen molar-refractivity contribution in [2.75, 3.05) is 13.2 Å². The molecule has 1 saturated carbocycles. The van der Waals surface area contributed by atoms with E-state index in [1.54, 1.807) is 18.2 Å². The minimum atomic E-state index is 0.144. The van der Waals surface area contributed by atoms with Crippen LogP contribution in [-0.2, 0) is 16.0 Å². The molecule has 19 heavy (non-hydrogen) atoms. The fourth-order valence-corrected chi connectivity index (χ4v) is 3.18. The Hall–Kier alpha value is -1.55. The Balaban J connectivity index is 1.69. The summed E-state index contributed by atoms with van der Waals surface area (Å²) in [6.07, 6.45) is 3.86. The lowest BCUT2D eigenvalue weighted by Crippen LogP contribution is -2.51. The predicted octanol–water partition coefficient (Wildman–Crippen LogP) is 1.71. The SMILES string of the molecule is O=C(Cc1cccc(O)c1)N1CCOC2CCCC21. The van der Waals surface area contributed by atoms with Gasteiger partial charge in [0.1, 0.15) is 5.75 Å². The molecule has 1 saturated heterocycles. The summed E-state index contributed by atoms with van der Waals surface area (Å²) in [6.45, 7) is 1.34. The summed E-state index contributed by atoms with van der Waals surface area (Å²) in [5, 5.41) is 9.44. The number of nitrogens with zero attached hydrogens (tertiary/aromatic N) is 1. The standard InChI is InChI=1S/C15H19NO3/c17-12-4-1-3-11(9-12)10-15(18)16-7-8-19-14-6-2-5-13(14)16/h1,3-4,9,13-14,17H,2,5-8,10H2. The number of morpholine rings is 1. The highest BCUT2D eigenvalue weighted by molar-refractivity contribution is 5.79. The van der Waals surface area contributed by atoms with Gasteiger partial charge < -0.3 is 14.7 Å². The van der Waals surface area contributed by atoms with Crippen LogP contribution in [0.4, 0.5) is 0 Å².